The van der Waals surface area contributed by atoms with Crippen LogP contribution in [0.5, 0.6) is 0 Å². The van der Waals surface area contributed by atoms with Crippen LogP contribution in [0, 0.1) is 0 Å². The Balaban J connectivity index is 1.42. The van der Waals surface area contributed by atoms with Crippen LogP contribution < -0.4 is 5.32 Å². The summed E-state index contributed by atoms with van der Waals surface area (Å²) in [6.45, 7) is 0.0182. The lowest BCUT2D eigenvalue weighted by Crippen LogP contribution is -2.20. The fourth-order valence-electron chi connectivity index (χ4n) is 2.90. The van der Waals surface area contributed by atoms with Crippen molar-refractivity contribution in [3.63, 3.8) is 0 Å². The van der Waals surface area contributed by atoms with Crippen molar-refractivity contribution in [1.82, 2.24) is 25.2 Å². The zero-order valence-corrected chi connectivity index (χ0v) is 13.0. The van der Waals surface area contributed by atoms with E-state index in [4.69, 9.17) is 0 Å². The van der Waals surface area contributed by atoms with Gasteiger partial charge in [-0.25, -0.2) is 0 Å². The van der Waals surface area contributed by atoms with Crippen LogP contribution in [0.15, 0.2) is 42.7 Å². The number of hydrogen-bond acceptors (Lipinski definition) is 5. The molecule has 0 aliphatic heterocycles. The van der Waals surface area contributed by atoms with Crippen molar-refractivity contribution in [2.75, 3.05) is 5.32 Å². The van der Waals surface area contributed by atoms with Crippen LogP contribution in [0.3, 0.4) is 0 Å². The molecule has 7 heteroatoms. The number of carbonyl (C=O) groups excluding carboxylic acids is 1. The summed E-state index contributed by atoms with van der Waals surface area (Å²) in [7, 11) is 0. The molecule has 0 bridgehead atoms. The molecule has 1 aliphatic rings. The van der Waals surface area contributed by atoms with Crippen molar-refractivity contribution in [2.45, 2.75) is 25.8 Å². The number of aromatic nitrogens is 5. The van der Waals surface area contributed by atoms with Crippen LogP contribution in [-0.2, 0) is 24.2 Å². The lowest BCUT2D eigenvalue weighted by atomic mass is 10.1. The van der Waals surface area contributed by atoms with Gasteiger partial charge in [-0.15, -0.1) is 10.2 Å². The molecule has 7 nitrogen and oxygen atoms in total. The number of nitrogens with zero attached hydrogens (tertiary/aromatic N) is 5. The molecule has 120 valence electrons. The van der Waals surface area contributed by atoms with Crippen molar-refractivity contribution < 1.29 is 4.79 Å². The van der Waals surface area contributed by atoms with E-state index in [9.17, 15) is 4.79 Å². The first kappa shape index (κ1) is 14.5. The van der Waals surface area contributed by atoms with Crippen molar-refractivity contribution in [2.24, 2.45) is 0 Å². The molecule has 2 aromatic heterocycles. The minimum absolute atomic E-state index is 0.0182. The molecule has 0 spiro atoms. The van der Waals surface area contributed by atoms with Gasteiger partial charge in [-0.1, -0.05) is 6.07 Å². The summed E-state index contributed by atoms with van der Waals surface area (Å²) in [5.74, 6) is 0.275. The van der Waals surface area contributed by atoms with Gasteiger partial charge in [0, 0.05) is 23.6 Å². The van der Waals surface area contributed by atoms with Crippen LogP contribution in [0.2, 0.25) is 0 Å². The summed E-state index contributed by atoms with van der Waals surface area (Å²) in [5.41, 5.74) is 4.29. The number of pyridine rings is 1. The Morgan fingerprint density at radius 2 is 2.12 bits per heavy atom. The molecule has 2 heterocycles. The van der Waals surface area contributed by atoms with Gasteiger partial charge in [0.05, 0.1) is 0 Å². The molecule has 1 aliphatic carbocycles. The lowest BCUT2D eigenvalue weighted by molar-refractivity contribution is -0.117. The van der Waals surface area contributed by atoms with E-state index < -0.39 is 0 Å². The molecule has 3 aromatic rings. The SMILES string of the molecule is O=C(Cn1nnc(-c2cccnc2)n1)Nc1ccc2c(c1)CCC2. The number of benzene rings is 1. The minimum Gasteiger partial charge on any atom is -0.324 e. The van der Waals surface area contributed by atoms with Crippen molar-refractivity contribution in [3.05, 3.63) is 53.9 Å². The molecule has 0 unspecified atom stereocenters. The molecule has 0 radical (unpaired) electrons. The number of nitrogens with one attached hydrogen (secondary N) is 1. The number of aryl methyl sites for hydroxylation is 2. The minimum atomic E-state index is -0.178. The number of hydrogen-bond donors (Lipinski definition) is 1. The highest BCUT2D eigenvalue weighted by molar-refractivity contribution is 5.90. The van der Waals surface area contributed by atoms with E-state index in [-0.39, 0.29) is 12.5 Å². The van der Waals surface area contributed by atoms with Gasteiger partial charge in [-0.3, -0.25) is 9.78 Å². The average Bonchev–Trinajstić information content (AvgIpc) is 3.24. The number of tetrazole rings is 1. The number of fused-ring (bicyclic) bond motifs is 1. The summed E-state index contributed by atoms with van der Waals surface area (Å²) < 4.78 is 0. The second-order valence-electron chi connectivity index (χ2n) is 5.77. The van der Waals surface area contributed by atoms with Crippen LogP contribution in [0.1, 0.15) is 17.5 Å². The van der Waals surface area contributed by atoms with Crippen molar-refractivity contribution in [3.8, 4) is 11.4 Å². The third kappa shape index (κ3) is 3.01. The molecule has 24 heavy (non-hydrogen) atoms. The monoisotopic (exact) mass is 320 g/mol. The molecule has 1 N–H and O–H groups in total. The number of carbonyl (C=O) groups is 1. The van der Waals surface area contributed by atoms with Crippen molar-refractivity contribution in [1.29, 1.82) is 0 Å². The smallest absolute Gasteiger partial charge is 0.248 e. The zero-order valence-electron chi connectivity index (χ0n) is 13.0. The van der Waals surface area contributed by atoms with Gasteiger partial charge in [0.25, 0.3) is 0 Å². The van der Waals surface area contributed by atoms with E-state index in [1.807, 2.05) is 12.1 Å². The standard InChI is InChI=1S/C17H16N6O/c24-16(19-15-7-6-12-3-1-4-13(12)9-15)11-23-21-17(20-22-23)14-5-2-8-18-10-14/h2,5-10H,1,3-4,11H2,(H,19,24). The highest BCUT2D eigenvalue weighted by Crippen LogP contribution is 2.24. The summed E-state index contributed by atoms with van der Waals surface area (Å²) in [4.78, 5) is 17.5. The molecule has 4 rings (SSSR count). The Morgan fingerprint density at radius 1 is 1.21 bits per heavy atom. The van der Waals surface area contributed by atoms with Gasteiger partial charge in [-0.2, -0.15) is 4.80 Å². The maximum absolute atomic E-state index is 12.2. The van der Waals surface area contributed by atoms with E-state index >= 15 is 0 Å². The van der Waals surface area contributed by atoms with E-state index in [0.29, 0.717) is 5.82 Å². The van der Waals surface area contributed by atoms with Gasteiger partial charge in [0.1, 0.15) is 6.54 Å². The molecule has 0 saturated heterocycles. The predicted molar refractivity (Wildman–Crippen MR) is 88.1 cm³/mol. The average molecular weight is 320 g/mol. The maximum Gasteiger partial charge on any atom is 0.248 e. The van der Waals surface area contributed by atoms with E-state index in [2.05, 4.69) is 37.8 Å². The van der Waals surface area contributed by atoms with Gasteiger partial charge in [-0.05, 0) is 59.9 Å². The molecular formula is C17H16N6O. The van der Waals surface area contributed by atoms with Crippen LogP contribution in [-0.4, -0.2) is 31.1 Å². The first-order valence-corrected chi connectivity index (χ1v) is 7.88. The fourth-order valence-corrected chi connectivity index (χ4v) is 2.90. The largest absolute Gasteiger partial charge is 0.324 e. The number of amides is 1. The zero-order chi connectivity index (χ0) is 16.4. The van der Waals surface area contributed by atoms with Crippen LogP contribution in [0.4, 0.5) is 5.69 Å². The number of rotatable bonds is 4. The Bertz CT molecular complexity index is 874. The Kier molecular flexibility index (Phi) is 3.74. The molecule has 0 atom stereocenters. The summed E-state index contributed by atoms with van der Waals surface area (Å²) in [5, 5.41) is 15.0. The first-order chi connectivity index (χ1) is 11.8. The van der Waals surface area contributed by atoms with Gasteiger partial charge < -0.3 is 5.32 Å². The van der Waals surface area contributed by atoms with Gasteiger partial charge in [0.15, 0.2) is 0 Å². The Labute approximate surface area is 138 Å². The normalized spacial score (nSPS) is 12.8. The van der Waals surface area contributed by atoms with Crippen molar-refractivity contribution >= 4 is 11.6 Å². The molecule has 0 saturated carbocycles. The Morgan fingerprint density at radius 3 is 3.00 bits per heavy atom. The fraction of sp³-hybridized carbons (Fsp3) is 0.235. The molecule has 1 aromatic carbocycles. The van der Waals surface area contributed by atoms with E-state index in [0.717, 1.165) is 24.1 Å². The Hall–Kier alpha value is -3.09. The summed E-state index contributed by atoms with van der Waals surface area (Å²) in [6, 6.07) is 9.73. The van der Waals surface area contributed by atoms with Crippen LogP contribution in [0.25, 0.3) is 11.4 Å². The molecule has 1 amide bonds. The first-order valence-electron chi connectivity index (χ1n) is 7.88. The molecular weight excluding hydrogens is 304 g/mol. The van der Waals surface area contributed by atoms with Crippen LogP contribution >= 0.6 is 0 Å². The second kappa shape index (κ2) is 6.19. The van der Waals surface area contributed by atoms with Gasteiger partial charge >= 0.3 is 0 Å². The summed E-state index contributed by atoms with van der Waals surface area (Å²) in [6.07, 6.45) is 6.73. The highest BCUT2D eigenvalue weighted by Gasteiger charge is 2.13. The third-order valence-corrected chi connectivity index (χ3v) is 4.04. The second-order valence-corrected chi connectivity index (χ2v) is 5.77. The third-order valence-electron chi connectivity index (χ3n) is 4.04. The predicted octanol–water partition coefficient (Wildman–Crippen LogP) is 1.86. The van der Waals surface area contributed by atoms with Gasteiger partial charge in [0.2, 0.25) is 11.7 Å². The number of anilines is 1. The topological polar surface area (TPSA) is 85.6 Å². The summed E-state index contributed by atoms with van der Waals surface area (Å²) >= 11 is 0. The maximum atomic E-state index is 12.2. The van der Waals surface area contributed by atoms with E-state index in [1.165, 1.54) is 22.3 Å². The highest BCUT2D eigenvalue weighted by atomic mass is 16.2. The quantitative estimate of drug-likeness (QED) is 0.793. The van der Waals surface area contributed by atoms with E-state index in [1.54, 1.807) is 18.5 Å². The lowest BCUT2D eigenvalue weighted by Gasteiger charge is -2.06. The molecule has 0 fully saturated rings.